The second-order valence-electron chi connectivity index (χ2n) is 2.69. The first-order valence-electron chi connectivity index (χ1n) is 3.69. The Bertz CT molecular complexity index is 96.7. The highest BCUT2D eigenvalue weighted by molar-refractivity contribution is 4.87. The molecule has 0 aromatic rings. The Labute approximate surface area is 56.4 Å². The lowest BCUT2D eigenvalue weighted by Crippen LogP contribution is -2.02. The molecular formula is C8H14O. The first-order valence-corrected chi connectivity index (χ1v) is 3.69. The van der Waals surface area contributed by atoms with E-state index in [4.69, 9.17) is 5.11 Å². The summed E-state index contributed by atoms with van der Waals surface area (Å²) in [5.41, 5.74) is 0. The molecule has 0 aromatic carbocycles. The van der Waals surface area contributed by atoms with Gasteiger partial charge in [0.1, 0.15) is 0 Å². The molecule has 1 unspecified atom stereocenters. The minimum Gasteiger partial charge on any atom is -0.396 e. The molecule has 0 bridgehead atoms. The summed E-state index contributed by atoms with van der Waals surface area (Å²) in [5, 5.41) is 8.78. The molecule has 0 aromatic heterocycles. The van der Waals surface area contributed by atoms with E-state index in [0.29, 0.717) is 12.5 Å². The number of rotatable bonds is 1. The minimum atomic E-state index is 0.365. The zero-order valence-electron chi connectivity index (χ0n) is 5.71. The lowest BCUT2D eigenvalue weighted by Gasteiger charge is -2.06. The maximum Gasteiger partial charge on any atom is 0.0462 e. The molecule has 1 rings (SSSR count). The number of allylic oxidation sites excluding steroid dienone is 2. The summed E-state index contributed by atoms with van der Waals surface area (Å²) < 4.78 is 0. The third-order valence-corrected chi connectivity index (χ3v) is 1.88. The number of hydrogen-bond donors (Lipinski definition) is 1. The Morgan fingerprint density at radius 2 is 2.33 bits per heavy atom. The Hall–Kier alpha value is -0.300. The van der Waals surface area contributed by atoms with Crippen LogP contribution in [0.4, 0.5) is 0 Å². The van der Waals surface area contributed by atoms with E-state index in [1.807, 2.05) is 0 Å². The van der Waals surface area contributed by atoms with Gasteiger partial charge in [0.25, 0.3) is 0 Å². The van der Waals surface area contributed by atoms with Gasteiger partial charge in [-0.2, -0.15) is 0 Å². The molecule has 1 heteroatoms. The van der Waals surface area contributed by atoms with Gasteiger partial charge in [-0.1, -0.05) is 12.2 Å². The number of hydrogen-bond acceptors (Lipinski definition) is 1. The summed E-state index contributed by atoms with van der Waals surface area (Å²) in [4.78, 5) is 0. The van der Waals surface area contributed by atoms with Gasteiger partial charge in [0.2, 0.25) is 0 Å². The van der Waals surface area contributed by atoms with Crippen molar-refractivity contribution in [1.82, 2.24) is 0 Å². The molecule has 0 aliphatic heterocycles. The summed E-state index contributed by atoms with van der Waals surface area (Å²) in [5.74, 6) is 0.545. The Morgan fingerprint density at radius 1 is 1.44 bits per heavy atom. The van der Waals surface area contributed by atoms with Crippen LogP contribution in [0, 0.1) is 5.92 Å². The van der Waals surface area contributed by atoms with E-state index in [1.165, 1.54) is 19.3 Å². The van der Waals surface area contributed by atoms with E-state index >= 15 is 0 Å². The van der Waals surface area contributed by atoms with Crippen LogP contribution >= 0.6 is 0 Å². The van der Waals surface area contributed by atoms with Gasteiger partial charge in [0.15, 0.2) is 0 Å². The molecule has 52 valence electrons. The fraction of sp³-hybridized carbons (Fsp3) is 0.750. The van der Waals surface area contributed by atoms with Crippen LogP contribution in [0.3, 0.4) is 0 Å². The van der Waals surface area contributed by atoms with Gasteiger partial charge in [0.05, 0.1) is 0 Å². The zero-order chi connectivity index (χ0) is 6.53. The molecule has 1 atom stereocenters. The Kier molecular flexibility index (Phi) is 2.78. The molecule has 0 saturated heterocycles. The highest BCUT2D eigenvalue weighted by Crippen LogP contribution is 2.16. The predicted molar refractivity (Wildman–Crippen MR) is 38.2 cm³/mol. The lowest BCUT2D eigenvalue weighted by atomic mass is 10.0. The molecule has 0 amide bonds. The molecule has 1 aliphatic carbocycles. The van der Waals surface area contributed by atoms with Crippen molar-refractivity contribution in [2.45, 2.75) is 25.7 Å². The van der Waals surface area contributed by atoms with Crippen LogP contribution in [0.5, 0.6) is 0 Å². The van der Waals surface area contributed by atoms with Crippen LogP contribution in [0.15, 0.2) is 12.2 Å². The van der Waals surface area contributed by atoms with Crippen LogP contribution in [0.2, 0.25) is 0 Å². The van der Waals surface area contributed by atoms with Gasteiger partial charge < -0.3 is 5.11 Å². The second-order valence-corrected chi connectivity index (χ2v) is 2.69. The van der Waals surface area contributed by atoms with E-state index in [-0.39, 0.29) is 0 Å². The maximum absolute atomic E-state index is 8.78. The highest BCUT2D eigenvalue weighted by Gasteiger charge is 2.05. The third-order valence-electron chi connectivity index (χ3n) is 1.88. The molecule has 0 heterocycles. The predicted octanol–water partition coefficient (Wildman–Crippen LogP) is 1.73. The quantitative estimate of drug-likeness (QED) is 0.530. The van der Waals surface area contributed by atoms with E-state index < -0.39 is 0 Å². The highest BCUT2D eigenvalue weighted by atomic mass is 16.3. The van der Waals surface area contributed by atoms with Crippen molar-refractivity contribution in [2.24, 2.45) is 5.92 Å². The molecule has 0 saturated carbocycles. The van der Waals surface area contributed by atoms with Gasteiger partial charge >= 0.3 is 0 Å². The molecule has 1 aliphatic rings. The molecular weight excluding hydrogens is 112 g/mol. The summed E-state index contributed by atoms with van der Waals surface area (Å²) >= 11 is 0. The molecule has 0 spiro atoms. The van der Waals surface area contributed by atoms with Crippen LogP contribution in [-0.2, 0) is 0 Å². The standard InChI is InChI=1S/C8H14O/c9-7-8-5-3-1-2-4-6-8/h1,3,8-9H,2,4-7H2. The molecule has 1 N–H and O–H groups in total. The fourth-order valence-electron chi connectivity index (χ4n) is 1.21. The first kappa shape index (κ1) is 6.81. The molecule has 9 heavy (non-hydrogen) atoms. The summed E-state index contributed by atoms with van der Waals surface area (Å²) in [7, 11) is 0. The van der Waals surface area contributed by atoms with Gasteiger partial charge in [-0.25, -0.2) is 0 Å². The van der Waals surface area contributed by atoms with Gasteiger partial charge in [0, 0.05) is 6.61 Å². The van der Waals surface area contributed by atoms with E-state index in [1.54, 1.807) is 0 Å². The van der Waals surface area contributed by atoms with Crippen LogP contribution in [0.1, 0.15) is 25.7 Å². The second kappa shape index (κ2) is 3.67. The summed E-state index contributed by atoms with van der Waals surface area (Å²) in [6, 6.07) is 0. The van der Waals surface area contributed by atoms with Crippen molar-refractivity contribution < 1.29 is 5.11 Å². The Balaban J connectivity index is 2.29. The largest absolute Gasteiger partial charge is 0.396 e. The van der Waals surface area contributed by atoms with E-state index in [0.717, 1.165) is 6.42 Å². The van der Waals surface area contributed by atoms with Crippen molar-refractivity contribution in [3.8, 4) is 0 Å². The lowest BCUT2D eigenvalue weighted by molar-refractivity contribution is 0.219. The van der Waals surface area contributed by atoms with Crippen molar-refractivity contribution in [1.29, 1.82) is 0 Å². The van der Waals surface area contributed by atoms with Crippen LogP contribution in [-0.4, -0.2) is 11.7 Å². The SMILES string of the molecule is OCC1CC=CCCC1. The monoisotopic (exact) mass is 126 g/mol. The first-order chi connectivity index (χ1) is 4.43. The smallest absolute Gasteiger partial charge is 0.0462 e. The molecule has 0 fully saturated rings. The van der Waals surface area contributed by atoms with Gasteiger partial charge in [-0.05, 0) is 31.6 Å². The van der Waals surface area contributed by atoms with Crippen LogP contribution in [0.25, 0.3) is 0 Å². The van der Waals surface area contributed by atoms with E-state index in [2.05, 4.69) is 12.2 Å². The summed E-state index contributed by atoms with van der Waals surface area (Å²) in [6.45, 7) is 0.365. The molecule has 1 nitrogen and oxygen atoms in total. The van der Waals surface area contributed by atoms with Gasteiger partial charge in [-0.3, -0.25) is 0 Å². The van der Waals surface area contributed by atoms with Crippen molar-refractivity contribution in [3.05, 3.63) is 12.2 Å². The van der Waals surface area contributed by atoms with Crippen LogP contribution < -0.4 is 0 Å². The fourth-order valence-corrected chi connectivity index (χ4v) is 1.21. The third kappa shape index (κ3) is 2.19. The summed E-state index contributed by atoms with van der Waals surface area (Å²) in [6.07, 6.45) is 9.14. The molecule has 0 radical (unpaired) electrons. The normalized spacial score (nSPS) is 27.9. The average molecular weight is 126 g/mol. The van der Waals surface area contributed by atoms with Gasteiger partial charge in [-0.15, -0.1) is 0 Å². The maximum atomic E-state index is 8.78. The zero-order valence-corrected chi connectivity index (χ0v) is 5.71. The van der Waals surface area contributed by atoms with Crippen molar-refractivity contribution in [3.63, 3.8) is 0 Å². The average Bonchev–Trinajstić information content (AvgIpc) is 2.13. The minimum absolute atomic E-state index is 0.365. The van der Waals surface area contributed by atoms with E-state index in [9.17, 15) is 0 Å². The Morgan fingerprint density at radius 3 is 3.11 bits per heavy atom. The van der Waals surface area contributed by atoms with Crippen molar-refractivity contribution in [2.75, 3.05) is 6.61 Å². The topological polar surface area (TPSA) is 20.2 Å². The van der Waals surface area contributed by atoms with Crippen molar-refractivity contribution >= 4 is 0 Å². The number of aliphatic hydroxyl groups excluding tert-OH is 1. The number of aliphatic hydroxyl groups is 1.